The summed E-state index contributed by atoms with van der Waals surface area (Å²) in [6, 6.07) is 3.48. The van der Waals surface area contributed by atoms with Gasteiger partial charge in [0.15, 0.2) is 5.76 Å². The van der Waals surface area contributed by atoms with E-state index in [1.54, 1.807) is 17.8 Å². The quantitative estimate of drug-likeness (QED) is 0.817. The van der Waals surface area contributed by atoms with Gasteiger partial charge in [-0.05, 0) is 18.4 Å². The number of furan rings is 1. The molecule has 0 aliphatic heterocycles. The summed E-state index contributed by atoms with van der Waals surface area (Å²) < 4.78 is 5.39. The van der Waals surface area contributed by atoms with E-state index in [1.165, 1.54) is 0 Å². The van der Waals surface area contributed by atoms with Gasteiger partial charge in [-0.1, -0.05) is 13.8 Å². The first kappa shape index (κ1) is 14.1. The van der Waals surface area contributed by atoms with Gasteiger partial charge in [0, 0.05) is 18.6 Å². The molecule has 4 nitrogen and oxygen atoms in total. The Hall–Kier alpha value is -0.940. The lowest BCUT2D eigenvalue weighted by atomic mass is 9.95. The van der Waals surface area contributed by atoms with Crippen LogP contribution in [0.1, 0.15) is 30.2 Å². The standard InChI is InChI=1S/C12H19NO3S/c1-12(2,8-14)7-13-11(15)10-5-4-9(16-10)6-17-3/h4-5,14H,6-8H2,1-3H3,(H,13,15). The van der Waals surface area contributed by atoms with Crippen molar-refractivity contribution in [1.29, 1.82) is 0 Å². The normalized spacial score (nSPS) is 11.5. The van der Waals surface area contributed by atoms with Crippen LogP contribution in [0.5, 0.6) is 0 Å². The molecule has 1 rings (SSSR count). The van der Waals surface area contributed by atoms with Crippen LogP contribution >= 0.6 is 11.8 Å². The van der Waals surface area contributed by atoms with Crippen molar-refractivity contribution in [3.8, 4) is 0 Å². The molecule has 5 heteroatoms. The lowest BCUT2D eigenvalue weighted by Crippen LogP contribution is -2.35. The number of hydrogen-bond donors (Lipinski definition) is 2. The molecule has 0 fully saturated rings. The minimum absolute atomic E-state index is 0.0309. The molecule has 17 heavy (non-hydrogen) atoms. The van der Waals surface area contributed by atoms with Crippen molar-refractivity contribution in [2.75, 3.05) is 19.4 Å². The van der Waals surface area contributed by atoms with E-state index in [1.807, 2.05) is 26.2 Å². The number of carbonyl (C=O) groups excluding carboxylic acids is 1. The highest BCUT2D eigenvalue weighted by Gasteiger charge is 2.19. The fourth-order valence-electron chi connectivity index (χ4n) is 1.18. The molecule has 0 unspecified atom stereocenters. The maximum Gasteiger partial charge on any atom is 0.287 e. The maximum absolute atomic E-state index is 11.7. The highest BCUT2D eigenvalue weighted by atomic mass is 32.2. The van der Waals surface area contributed by atoms with Crippen molar-refractivity contribution in [3.63, 3.8) is 0 Å². The fourth-order valence-corrected chi connectivity index (χ4v) is 1.62. The highest BCUT2D eigenvalue weighted by molar-refractivity contribution is 7.97. The molecule has 0 spiro atoms. The Labute approximate surface area is 106 Å². The number of thioether (sulfide) groups is 1. The zero-order chi connectivity index (χ0) is 12.9. The summed E-state index contributed by atoms with van der Waals surface area (Å²) in [4.78, 5) is 11.7. The number of carbonyl (C=O) groups is 1. The Morgan fingerprint density at radius 1 is 1.53 bits per heavy atom. The van der Waals surface area contributed by atoms with Crippen molar-refractivity contribution >= 4 is 17.7 Å². The molecule has 0 radical (unpaired) electrons. The van der Waals surface area contributed by atoms with Crippen molar-refractivity contribution in [2.24, 2.45) is 5.41 Å². The Kier molecular flexibility index (Phi) is 5.08. The lowest BCUT2D eigenvalue weighted by Gasteiger charge is -2.21. The van der Waals surface area contributed by atoms with Crippen LogP contribution in [0, 0.1) is 5.41 Å². The molecule has 0 bridgehead atoms. The van der Waals surface area contributed by atoms with Crippen LogP contribution in [-0.4, -0.2) is 30.4 Å². The van der Waals surface area contributed by atoms with Crippen LogP contribution in [-0.2, 0) is 5.75 Å². The maximum atomic E-state index is 11.7. The Morgan fingerprint density at radius 2 is 2.24 bits per heavy atom. The zero-order valence-electron chi connectivity index (χ0n) is 10.4. The number of hydrogen-bond acceptors (Lipinski definition) is 4. The highest BCUT2D eigenvalue weighted by Crippen LogP contribution is 2.15. The molecular weight excluding hydrogens is 238 g/mol. The van der Waals surface area contributed by atoms with Gasteiger partial charge in [0.2, 0.25) is 0 Å². The summed E-state index contributed by atoms with van der Waals surface area (Å²) in [6.45, 7) is 4.22. The average Bonchev–Trinajstić information content (AvgIpc) is 2.75. The van der Waals surface area contributed by atoms with Crippen molar-refractivity contribution < 1.29 is 14.3 Å². The number of nitrogens with one attached hydrogen (secondary N) is 1. The van der Waals surface area contributed by atoms with E-state index in [-0.39, 0.29) is 17.9 Å². The number of aliphatic hydroxyl groups is 1. The molecule has 0 aliphatic carbocycles. The predicted octanol–water partition coefficient (Wildman–Crippen LogP) is 1.89. The topological polar surface area (TPSA) is 62.5 Å². The third-order valence-electron chi connectivity index (χ3n) is 2.33. The van der Waals surface area contributed by atoms with Crippen LogP contribution in [0.2, 0.25) is 0 Å². The first-order valence-electron chi connectivity index (χ1n) is 5.45. The van der Waals surface area contributed by atoms with E-state index in [0.717, 1.165) is 11.5 Å². The third-order valence-corrected chi connectivity index (χ3v) is 2.90. The monoisotopic (exact) mass is 257 g/mol. The van der Waals surface area contributed by atoms with Gasteiger partial charge in [-0.25, -0.2) is 0 Å². The van der Waals surface area contributed by atoms with Gasteiger partial charge in [-0.15, -0.1) is 0 Å². The average molecular weight is 257 g/mol. The summed E-state index contributed by atoms with van der Waals surface area (Å²) in [5.41, 5.74) is -0.315. The van der Waals surface area contributed by atoms with Crippen molar-refractivity contribution in [1.82, 2.24) is 5.32 Å². The molecule has 96 valence electrons. The van der Waals surface area contributed by atoms with Crippen LogP contribution in [0.4, 0.5) is 0 Å². The molecule has 0 saturated carbocycles. The van der Waals surface area contributed by atoms with E-state index >= 15 is 0 Å². The molecule has 0 saturated heterocycles. The van der Waals surface area contributed by atoms with Gasteiger partial charge in [0.25, 0.3) is 5.91 Å². The third kappa shape index (κ3) is 4.44. The second kappa shape index (κ2) is 6.12. The molecule has 0 aromatic carbocycles. The molecule has 1 aromatic heterocycles. The summed E-state index contributed by atoms with van der Waals surface area (Å²) in [6.07, 6.45) is 1.98. The molecule has 1 aromatic rings. The van der Waals surface area contributed by atoms with E-state index in [9.17, 15) is 4.79 Å². The van der Waals surface area contributed by atoms with Gasteiger partial charge in [0.1, 0.15) is 5.76 Å². The summed E-state index contributed by atoms with van der Waals surface area (Å²) in [7, 11) is 0. The molecule has 0 atom stereocenters. The Balaban J connectivity index is 2.52. The fraction of sp³-hybridized carbons (Fsp3) is 0.583. The SMILES string of the molecule is CSCc1ccc(C(=O)NCC(C)(C)CO)o1. The van der Waals surface area contributed by atoms with Crippen LogP contribution in [0.25, 0.3) is 0 Å². The van der Waals surface area contributed by atoms with E-state index in [4.69, 9.17) is 9.52 Å². The van der Waals surface area contributed by atoms with E-state index in [2.05, 4.69) is 5.32 Å². The zero-order valence-corrected chi connectivity index (χ0v) is 11.3. The van der Waals surface area contributed by atoms with Crippen molar-refractivity contribution in [3.05, 3.63) is 23.7 Å². The second-order valence-corrected chi connectivity index (χ2v) is 5.57. The number of rotatable bonds is 6. The lowest BCUT2D eigenvalue weighted by molar-refractivity contribution is 0.0882. The first-order valence-corrected chi connectivity index (χ1v) is 6.84. The predicted molar refractivity (Wildman–Crippen MR) is 69.1 cm³/mol. The molecule has 1 heterocycles. The van der Waals surface area contributed by atoms with Crippen LogP contribution in [0.3, 0.4) is 0 Å². The van der Waals surface area contributed by atoms with Crippen molar-refractivity contribution in [2.45, 2.75) is 19.6 Å². The Morgan fingerprint density at radius 3 is 2.82 bits per heavy atom. The first-order chi connectivity index (χ1) is 7.98. The van der Waals surface area contributed by atoms with Gasteiger partial charge in [0.05, 0.1) is 5.75 Å². The van der Waals surface area contributed by atoms with Crippen LogP contribution < -0.4 is 5.32 Å². The van der Waals surface area contributed by atoms with Gasteiger partial charge >= 0.3 is 0 Å². The largest absolute Gasteiger partial charge is 0.455 e. The smallest absolute Gasteiger partial charge is 0.287 e. The second-order valence-electron chi connectivity index (χ2n) is 4.70. The summed E-state index contributed by atoms with van der Waals surface area (Å²) in [5, 5.41) is 11.8. The summed E-state index contributed by atoms with van der Waals surface area (Å²) in [5.74, 6) is 1.64. The molecule has 1 amide bonds. The minimum atomic E-state index is -0.315. The Bertz CT molecular complexity index is 374. The minimum Gasteiger partial charge on any atom is -0.455 e. The van der Waals surface area contributed by atoms with Gasteiger partial charge in [-0.3, -0.25) is 4.79 Å². The van der Waals surface area contributed by atoms with E-state index < -0.39 is 0 Å². The summed E-state index contributed by atoms with van der Waals surface area (Å²) >= 11 is 1.64. The number of aliphatic hydroxyl groups excluding tert-OH is 1. The molecular formula is C12H19NO3S. The van der Waals surface area contributed by atoms with Gasteiger partial charge < -0.3 is 14.8 Å². The molecule has 0 aliphatic rings. The van der Waals surface area contributed by atoms with Crippen LogP contribution in [0.15, 0.2) is 16.5 Å². The molecule has 2 N–H and O–H groups in total. The van der Waals surface area contributed by atoms with Gasteiger partial charge in [-0.2, -0.15) is 11.8 Å². The number of amides is 1. The van der Waals surface area contributed by atoms with E-state index in [0.29, 0.717) is 12.3 Å².